The average molecular weight is 296 g/mol. The Morgan fingerprint density at radius 2 is 2.11 bits per heavy atom. The van der Waals surface area contributed by atoms with Crippen LogP contribution in [0.15, 0.2) is 30.3 Å². The Morgan fingerprint density at radius 1 is 1.32 bits per heavy atom. The normalized spacial score (nSPS) is 12.4. The Labute approximate surface area is 123 Å². The number of nitrogens with one attached hydrogen (secondary N) is 1. The monoisotopic (exact) mass is 295 g/mol. The first-order valence-electron chi connectivity index (χ1n) is 6.22. The topological polar surface area (TPSA) is 21.3 Å². The van der Waals surface area contributed by atoms with Crippen LogP contribution in [0, 0.1) is 6.92 Å². The number of thiophene rings is 1. The van der Waals surface area contributed by atoms with E-state index in [4.69, 9.17) is 16.3 Å². The van der Waals surface area contributed by atoms with Crippen molar-refractivity contribution in [2.75, 3.05) is 7.11 Å². The molecule has 1 aromatic carbocycles. The maximum Gasteiger partial charge on any atom is 0.123 e. The minimum atomic E-state index is 0.322. The zero-order chi connectivity index (χ0) is 13.8. The lowest BCUT2D eigenvalue weighted by Gasteiger charge is -2.14. The Kier molecular flexibility index (Phi) is 4.86. The molecule has 0 aliphatic heterocycles. The number of rotatable bonds is 5. The lowest BCUT2D eigenvalue weighted by molar-refractivity contribution is 0.406. The second kappa shape index (κ2) is 6.42. The third-order valence-corrected chi connectivity index (χ3v) is 4.45. The predicted octanol–water partition coefficient (Wildman–Crippen LogP) is 4.57. The summed E-state index contributed by atoms with van der Waals surface area (Å²) in [6.07, 6.45) is 0. The number of halogens is 1. The van der Waals surface area contributed by atoms with E-state index in [1.807, 2.05) is 29.5 Å². The lowest BCUT2D eigenvalue weighted by atomic mass is 10.2. The molecule has 0 amide bonds. The molecule has 0 spiro atoms. The van der Waals surface area contributed by atoms with Gasteiger partial charge in [-0.2, -0.15) is 0 Å². The quantitative estimate of drug-likeness (QED) is 0.872. The molecule has 0 saturated heterocycles. The maximum atomic E-state index is 6.03. The zero-order valence-corrected chi connectivity index (χ0v) is 12.9. The van der Waals surface area contributed by atoms with Crippen molar-refractivity contribution < 1.29 is 4.74 Å². The molecule has 0 aliphatic rings. The zero-order valence-electron chi connectivity index (χ0n) is 11.4. The van der Waals surface area contributed by atoms with Gasteiger partial charge in [-0.15, -0.1) is 11.3 Å². The maximum absolute atomic E-state index is 6.03. The fraction of sp³-hybridized carbons (Fsp3) is 0.333. The Hall–Kier alpha value is -1.03. The summed E-state index contributed by atoms with van der Waals surface area (Å²) in [5, 5.41) is 4.24. The van der Waals surface area contributed by atoms with Gasteiger partial charge in [0.2, 0.25) is 0 Å². The van der Waals surface area contributed by atoms with E-state index in [2.05, 4.69) is 31.3 Å². The molecule has 0 saturated carbocycles. The van der Waals surface area contributed by atoms with E-state index in [9.17, 15) is 0 Å². The van der Waals surface area contributed by atoms with Crippen molar-refractivity contribution in [1.29, 1.82) is 0 Å². The fourth-order valence-corrected chi connectivity index (χ4v) is 3.03. The van der Waals surface area contributed by atoms with Crippen LogP contribution in [0.2, 0.25) is 5.02 Å². The van der Waals surface area contributed by atoms with Crippen LogP contribution in [0.3, 0.4) is 0 Å². The number of methoxy groups -OCH3 is 1. The third-order valence-electron chi connectivity index (χ3n) is 3.03. The smallest absolute Gasteiger partial charge is 0.123 e. The summed E-state index contributed by atoms with van der Waals surface area (Å²) in [4.78, 5) is 2.68. The second-order valence-electron chi connectivity index (χ2n) is 4.51. The molecule has 0 aliphatic carbocycles. The number of aryl methyl sites for hydroxylation is 1. The first-order chi connectivity index (χ1) is 9.10. The molecule has 4 heteroatoms. The van der Waals surface area contributed by atoms with Gasteiger partial charge in [-0.1, -0.05) is 11.6 Å². The lowest BCUT2D eigenvalue weighted by Crippen LogP contribution is -2.17. The van der Waals surface area contributed by atoms with Crippen LogP contribution < -0.4 is 10.1 Å². The van der Waals surface area contributed by atoms with E-state index in [-0.39, 0.29) is 0 Å². The number of hydrogen-bond acceptors (Lipinski definition) is 3. The highest BCUT2D eigenvalue weighted by atomic mass is 35.5. The van der Waals surface area contributed by atoms with Gasteiger partial charge in [-0.25, -0.2) is 0 Å². The van der Waals surface area contributed by atoms with Crippen LogP contribution in [0.1, 0.15) is 28.3 Å². The summed E-state index contributed by atoms with van der Waals surface area (Å²) < 4.78 is 5.35. The van der Waals surface area contributed by atoms with E-state index in [1.165, 1.54) is 9.75 Å². The third kappa shape index (κ3) is 3.72. The van der Waals surface area contributed by atoms with Crippen LogP contribution in [0.25, 0.3) is 0 Å². The molecule has 1 N–H and O–H groups in total. The van der Waals surface area contributed by atoms with Crippen LogP contribution in [-0.4, -0.2) is 7.11 Å². The molecule has 2 nitrogen and oxygen atoms in total. The standard InChI is InChI=1S/C15H18ClNOS/c1-10-4-7-15(19-10)11(2)17-9-12-8-13(16)5-6-14(12)18-3/h4-8,11,17H,9H2,1-3H3. The van der Waals surface area contributed by atoms with Crippen molar-refractivity contribution in [2.24, 2.45) is 0 Å². The summed E-state index contributed by atoms with van der Waals surface area (Å²) in [5.41, 5.74) is 1.08. The highest BCUT2D eigenvalue weighted by Gasteiger charge is 2.09. The molecule has 1 heterocycles. The molecule has 19 heavy (non-hydrogen) atoms. The second-order valence-corrected chi connectivity index (χ2v) is 6.26. The minimum absolute atomic E-state index is 0.322. The molecule has 0 bridgehead atoms. The van der Waals surface area contributed by atoms with E-state index in [1.54, 1.807) is 7.11 Å². The fourth-order valence-electron chi connectivity index (χ4n) is 1.94. The van der Waals surface area contributed by atoms with Gasteiger partial charge >= 0.3 is 0 Å². The summed E-state index contributed by atoms with van der Waals surface area (Å²) in [6, 6.07) is 10.3. The molecular formula is C15H18ClNOS. The molecular weight excluding hydrogens is 278 g/mol. The van der Waals surface area contributed by atoms with Crippen molar-refractivity contribution in [3.8, 4) is 5.75 Å². The van der Waals surface area contributed by atoms with Crippen molar-refractivity contribution in [3.63, 3.8) is 0 Å². The van der Waals surface area contributed by atoms with Crippen molar-refractivity contribution >= 4 is 22.9 Å². The van der Waals surface area contributed by atoms with Crippen LogP contribution in [-0.2, 0) is 6.54 Å². The highest BCUT2D eigenvalue weighted by Crippen LogP contribution is 2.25. The van der Waals surface area contributed by atoms with Crippen molar-refractivity contribution in [1.82, 2.24) is 5.32 Å². The van der Waals surface area contributed by atoms with Crippen LogP contribution in [0.4, 0.5) is 0 Å². The van der Waals surface area contributed by atoms with Gasteiger partial charge in [0, 0.05) is 32.9 Å². The first kappa shape index (κ1) is 14.4. The largest absolute Gasteiger partial charge is 0.496 e. The van der Waals surface area contributed by atoms with Gasteiger partial charge < -0.3 is 10.1 Å². The van der Waals surface area contributed by atoms with Crippen molar-refractivity contribution in [2.45, 2.75) is 26.4 Å². The number of benzene rings is 1. The first-order valence-corrected chi connectivity index (χ1v) is 7.41. The number of hydrogen-bond donors (Lipinski definition) is 1. The molecule has 1 aromatic heterocycles. The molecule has 0 fully saturated rings. The SMILES string of the molecule is COc1ccc(Cl)cc1CNC(C)c1ccc(C)s1. The Balaban J connectivity index is 2.04. The molecule has 1 atom stereocenters. The average Bonchev–Trinajstić information content (AvgIpc) is 2.83. The van der Waals surface area contributed by atoms with Crippen LogP contribution >= 0.6 is 22.9 Å². The van der Waals surface area contributed by atoms with Crippen molar-refractivity contribution in [3.05, 3.63) is 50.7 Å². The Morgan fingerprint density at radius 3 is 2.74 bits per heavy atom. The van der Waals surface area contributed by atoms with Gasteiger partial charge in [-0.05, 0) is 44.2 Å². The van der Waals surface area contributed by atoms with E-state index in [0.717, 1.165) is 22.9 Å². The summed E-state index contributed by atoms with van der Waals surface area (Å²) in [5.74, 6) is 0.867. The van der Waals surface area contributed by atoms with Crippen LogP contribution in [0.5, 0.6) is 5.75 Å². The molecule has 2 rings (SSSR count). The minimum Gasteiger partial charge on any atom is -0.496 e. The van der Waals surface area contributed by atoms with E-state index < -0.39 is 0 Å². The van der Waals surface area contributed by atoms with E-state index >= 15 is 0 Å². The summed E-state index contributed by atoms with van der Waals surface area (Å²) >= 11 is 7.85. The molecule has 0 radical (unpaired) electrons. The Bertz CT molecular complexity index is 553. The summed E-state index contributed by atoms with van der Waals surface area (Å²) in [7, 11) is 1.68. The highest BCUT2D eigenvalue weighted by molar-refractivity contribution is 7.12. The van der Waals surface area contributed by atoms with Gasteiger partial charge in [0.05, 0.1) is 7.11 Å². The van der Waals surface area contributed by atoms with Gasteiger partial charge in [0.1, 0.15) is 5.75 Å². The van der Waals surface area contributed by atoms with E-state index in [0.29, 0.717) is 6.04 Å². The summed E-state index contributed by atoms with van der Waals surface area (Å²) in [6.45, 7) is 5.03. The predicted molar refractivity (Wildman–Crippen MR) is 82.3 cm³/mol. The molecule has 1 unspecified atom stereocenters. The number of ether oxygens (including phenoxy) is 1. The van der Waals surface area contributed by atoms with Gasteiger partial charge in [0.15, 0.2) is 0 Å². The van der Waals surface area contributed by atoms with Gasteiger partial charge in [-0.3, -0.25) is 0 Å². The van der Waals surface area contributed by atoms with Gasteiger partial charge in [0.25, 0.3) is 0 Å². The molecule has 2 aromatic rings. The molecule has 102 valence electrons.